The van der Waals surface area contributed by atoms with E-state index in [-0.39, 0.29) is 17.7 Å². The summed E-state index contributed by atoms with van der Waals surface area (Å²) in [6, 6.07) is 17.0. The number of halogens is 3. The summed E-state index contributed by atoms with van der Waals surface area (Å²) in [5, 5.41) is 11.5. The van der Waals surface area contributed by atoms with Crippen LogP contribution in [0.4, 0.5) is 8.78 Å². The third kappa shape index (κ3) is 4.80. The van der Waals surface area contributed by atoms with Gasteiger partial charge in [0.25, 0.3) is 0 Å². The molecule has 8 heteroatoms. The predicted molar refractivity (Wildman–Crippen MR) is 131 cm³/mol. The van der Waals surface area contributed by atoms with E-state index in [1.807, 2.05) is 11.0 Å². The summed E-state index contributed by atoms with van der Waals surface area (Å²) >= 11 is 6.18. The van der Waals surface area contributed by atoms with Crippen molar-refractivity contribution < 1.29 is 18.7 Å². The number of fused-ring (bicyclic) bond motifs is 1. The Morgan fingerprint density at radius 2 is 1.40 bits per heavy atom. The second kappa shape index (κ2) is 9.77. The van der Waals surface area contributed by atoms with Crippen LogP contribution in [0, 0.1) is 11.6 Å². The number of aliphatic carboxylic acids is 1. The number of nitrogens with one attached hydrogen (secondary N) is 1. The van der Waals surface area contributed by atoms with Crippen molar-refractivity contribution in [3.05, 3.63) is 106 Å². The summed E-state index contributed by atoms with van der Waals surface area (Å²) in [5.74, 6) is -1.56. The van der Waals surface area contributed by atoms with Crippen molar-refractivity contribution >= 4 is 28.5 Å². The number of nitrogens with zero attached hydrogens (tertiary/aromatic N) is 2. The number of aromatic nitrogens is 1. The van der Waals surface area contributed by atoms with E-state index in [0.29, 0.717) is 36.8 Å². The van der Waals surface area contributed by atoms with Gasteiger partial charge in [-0.1, -0.05) is 35.9 Å². The lowest BCUT2D eigenvalue weighted by molar-refractivity contribution is -0.144. The summed E-state index contributed by atoms with van der Waals surface area (Å²) in [6.45, 7) is 2.21. The van der Waals surface area contributed by atoms with Gasteiger partial charge >= 0.3 is 5.97 Å². The first-order chi connectivity index (χ1) is 16.9. The van der Waals surface area contributed by atoms with Gasteiger partial charge in [0, 0.05) is 53.9 Å². The minimum atomic E-state index is -0.923. The van der Waals surface area contributed by atoms with E-state index in [1.54, 1.807) is 42.6 Å². The van der Waals surface area contributed by atoms with Crippen LogP contribution in [0.25, 0.3) is 10.9 Å². The lowest BCUT2D eigenvalue weighted by atomic mass is 9.95. The zero-order valence-electron chi connectivity index (χ0n) is 18.8. The quantitative estimate of drug-likeness (QED) is 0.364. The molecule has 0 amide bonds. The molecule has 1 fully saturated rings. The van der Waals surface area contributed by atoms with Crippen LogP contribution >= 0.6 is 11.6 Å². The average Bonchev–Trinajstić information content (AvgIpc) is 3.25. The number of hydrogen-bond acceptors (Lipinski definition) is 3. The van der Waals surface area contributed by atoms with E-state index in [2.05, 4.69) is 9.88 Å². The lowest BCUT2D eigenvalue weighted by Crippen LogP contribution is -2.50. The lowest BCUT2D eigenvalue weighted by Gasteiger charge is -2.41. The monoisotopic (exact) mass is 495 g/mol. The van der Waals surface area contributed by atoms with Crippen molar-refractivity contribution in [1.82, 2.24) is 14.8 Å². The van der Waals surface area contributed by atoms with Gasteiger partial charge in [-0.05, 0) is 53.6 Å². The van der Waals surface area contributed by atoms with Crippen molar-refractivity contribution in [2.45, 2.75) is 12.1 Å². The maximum atomic E-state index is 13.6. The van der Waals surface area contributed by atoms with Crippen molar-refractivity contribution in [3.63, 3.8) is 0 Å². The molecule has 0 bridgehead atoms. The molecule has 5 nitrogen and oxygen atoms in total. The van der Waals surface area contributed by atoms with E-state index >= 15 is 0 Å². The molecule has 1 aliphatic rings. The molecule has 2 N–H and O–H groups in total. The second-order valence-electron chi connectivity index (χ2n) is 8.75. The molecule has 0 spiro atoms. The first-order valence-electron chi connectivity index (χ1n) is 11.4. The van der Waals surface area contributed by atoms with Crippen molar-refractivity contribution in [1.29, 1.82) is 0 Å². The van der Waals surface area contributed by atoms with Crippen molar-refractivity contribution in [3.8, 4) is 0 Å². The maximum Gasteiger partial charge on any atom is 0.325 e. The number of aromatic amines is 1. The van der Waals surface area contributed by atoms with Gasteiger partial charge in [-0.3, -0.25) is 14.6 Å². The highest BCUT2D eigenvalue weighted by molar-refractivity contribution is 6.31. The van der Waals surface area contributed by atoms with Gasteiger partial charge in [0.05, 0.1) is 6.04 Å². The van der Waals surface area contributed by atoms with Crippen molar-refractivity contribution in [2.75, 3.05) is 26.2 Å². The van der Waals surface area contributed by atoms with Gasteiger partial charge in [-0.2, -0.15) is 0 Å². The summed E-state index contributed by atoms with van der Waals surface area (Å²) in [7, 11) is 0. The van der Waals surface area contributed by atoms with Gasteiger partial charge in [-0.15, -0.1) is 0 Å². The van der Waals surface area contributed by atoms with Gasteiger partial charge in [0.1, 0.15) is 17.7 Å². The molecule has 35 heavy (non-hydrogen) atoms. The molecule has 1 atom stereocenters. The van der Waals surface area contributed by atoms with E-state index < -0.39 is 12.0 Å². The van der Waals surface area contributed by atoms with Gasteiger partial charge in [0.15, 0.2) is 0 Å². The van der Waals surface area contributed by atoms with Crippen LogP contribution in [0.2, 0.25) is 5.02 Å². The van der Waals surface area contributed by atoms with Crippen molar-refractivity contribution in [2.24, 2.45) is 0 Å². The number of rotatable bonds is 6. The minimum Gasteiger partial charge on any atom is -0.480 e. The number of benzene rings is 3. The fourth-order valence-corrected chi connectivity index (χ4v) is 5.16. The predicted octanol–water partition coefficient (Wildman–Crippen LogP) is 5.63. The molecular weight excluding hydrogens is 472 g/mol. The van der Waals surface area contributed by atoms with Crippen LogP contribution in [-0.2, 0) is 4.79 Å². The molecule has 1 saturated heterocycles. The molecular formula is C27H24ClF2N3O2. The summed E-state index contributed by atoms with van der Waals surface area (Å²) < 4.78 is 27.2. The number of carbonyl (C=O) groups is 1. The SMILES string of the molecule is O=C(O)C(c1c[nH]c2ccc(Cl)cc12)N1CCN(C(c2ccc(F)cc2)c2ccc(F)cc2)CC1. The molecule has 0 aliphatic carbocycles. The van der Waals surface area contributed by atoms with Crippen LogP contribution in [-0.4, -0.2) is 52.0 Å². The first kappa shape index (κ1) is 23.5. The van der Waals surface area contributed by atoms with Gasteiger partial charge in [-0.25, -0.2) is 8.78 Å². The molecule has 1 unspecified atom stereocenters. The van der Waals surface area contributed by atoms with Crippen LogP contribution < -0.4 is 0 Å². The number of carboxylic acid groups (broad SMARTS) is 1. The fraction of sp³-hybridized carbons (Fsp3) is 0.222. The third-order valence-corrected chi connectivity index (χ3v) is 6.89. The number of carboxylic acids is 1. The third-order valence-electron chi connectivity index (χ3n) is 6.65. The van der Waals surface area contributed by atoms with E-state index in [9.17, 15) is 18.7 Å². The van der Waals surface area contributed by atoms with Gasteiger partial charge < -0.3 is 10.1 Å². The molecule has 1 aliphatic heterocycles. The Labute approximate surface area is 206 Å². The minimum absolute atomic E-state index is 0.200. The zero-order chi connectivity index (χ0) is 24.5. The smallest absolute Gasteiger partial charge is 0.325 e. The largest absolute Gasteiger partial charge is 0.480 e. The molecule has 4 aromatic rings. The summed E-state index contributed by atoms with van der Waals surface area (Å²) in [6.07, 6.45) is 1.74. The van der Waals surface area contributed by atoms with Crippen LogP contribution in [0.1, 0.15) is 28.8 Å². The molecule has 2 heterocycles. The topological polar surface area (TPSA) is 59.6 Å². The Balaban J connectivity index is 1.41. The molecule has 0 saturated carbocycles. The molecule has 180 valence electrons. The average molecular weight is 496 g/mol. The van der Waals surface area contributed by atoms with Crippen LogP contribution in [0.5, 0.6) is 0 Å². The van der Waals surface area contributed by atoms with E-state index in [1.165, 1.54) is 24.3 Å². The Kier molecular flexibility index (Phi) is 6.56. The van der Waals surface area contributed by atoms with Gasteiger partial charge in [0.2, 0.25) is 0 Å². The van der Waals surface area contributed by atoms with E-state index in [0.717, 1.165) is 22.0 Å². The highest BCUT2D eigenvalue weighted by Crippen LogP contribution is 2.34. The Hall–Kier alpha value is -3.26. The Morgan fingerprint density at radius 3 is 1.94 bits per heavy atom. The zero-order valence-corrected chi connectivity index (χ0v) is 19.6. The first-order valence-corrected chi connectivity index (χ1v) is 11.8. The maximum absolute atomic E-state index is 13.6. The Bertz CT molecular complexity index is 1290. The molecule has 5 rings (SSSR count). The number of hydrogen-bond donors (Lipinski definition) is 2. The Morgan fingerprint density at radius 1 is 0.857 bits per heavy atom. The normalized spacial score (nSPS) is 16.1. The summed E-state index contributed by atoms with van der Waals surface area (Å²) in [5.41, 5.74) is 3.30. The van der Waals surface area contributed by atoms with E-state index in [4.69, 9.17) is 11.6 Å². The second-order valence-corrected chi connectivity index (χ2v) is 9.19. The molecule has 1 aromatic heterocycles. The summed E-state index contributed by atoms with van der Waals surface area (Å²) in [4.78, 5) is 19.7. The highest BCUT2D eigenvalue weighted by atomic mass is 35.5. The van der Waals surface area contributed by atoms with Crippen LogP contribution in [0.15, 0.2) is 72.9 Å². The standard InChI is InChI=1S/C27H24ClF2N3O2/c28-19-5-10-24-22(15-19)23(16-31-24)26(27(34)35)33-13-11-32(12-14-33)25(17-1-6-20(29)7-2-17)18-3-8-21(30)9-4-18/h1-10,15-16,25-26,31H,11-14H2,(H,34,35). The highest BCUT2D eigenvalue weighted by Gasteiger charge is 2.34. The molecule has 0 radical (unpaired) electrons. The molecule has 3 aromatic carbocycles. The number of piperazine rings is 1. The number of H-pyrrole nitrogens is 1. The fourth-order valence-electron chi connectivity index (χ4n) is 4.98. The van der Waals surface area contributed by atoms with Crippen LogP contribution in [0.3, 0.4) is 0 Å².